The smallest absolute Gasteiger partial charge is 0.0127 e. The van der Waals surface area contributed by atoms with E-state index in [0.29, 0.717) is 6.04 Å². The molecule has 1 aliphatic heterocycles. The van der Waals surface area contributed by atoms with Crippen LogP contribution >= 0.6 is 12.6 Å². The van der Waals surface area contributed by atoms with Crippen molar-refractivity contribution in [3.05, 3.63) is 0 Å². The van der Waals surface area contributed by atoms with E-state index in [0.717, 1.165) is 17.7 Å². The van der Waals surface area contributed by atoms with Crippen molar-refractivity contribution in [3.63, 3.8) is 0 Å². The van der Waals surface area contributed by atoms with E-state index < -0.39 is 0 Å². The number of rotatable bonds is 5. The molecule has 1 saturated heterocycles. The first kappa shape index (κ1) is 13.3. The summed E-state index contributed by atoms with van der Waals surface area (Å²) in [7, 11) is 0. The molecule has 0 bridgehead atoms. The molecule has 90 valence electrons. The number of nitrogens with one attached hydrogen (secondary N) is 1. The van der Waals surface area contributed by atoms with Gasteiger partial charge in [0.15, 0.2) is 0 Å². The van der Waals surface area contributed by atoms with Gasteiger partial charge in [0.2, 0.25) is 0 Å². The fraction of sp³-hybridized carbons (Fsp3) is 1.00. The zero-order chi connectivity index (χ0) is 11.3. The zero-order valence-electron chi connectivity index (χ0n) is 10.4. The molecule has 1 heterocycles. The van der Waals surface area contributed by atoms with Crippen LogP contribution in [0, 0.1) is 5.92 Å². The first-order valence-electron chi connectivity index (χ1n) is 6.21. The van der Waals surface area contributed by atoms with Gasteiger partial charge in [-0.2, -0.15) is 12.6 Å². The molecule has 15 heavy (non-hydrogen) atoms. The predicted octanol–water partition coefficient (Wildman–Crippen LogP) is 2.01. The maximum absolute atomic E-state index is 4.28. The highest BCUT2D eigenvalue weighted by Crippen LogP contribution is 2.18. The van der Waals surface area contributed by atoms with Crippen molar-refractivity contribution in [2.45, 2.75) is 45.7 Å². The molecule has 2 nitrogen and oxygen atoms in total. The summed E-state index contributed by atoms with van der Waals surface area (Å²) in [5.41, 5.74) is 0. The van der Waals surface area contributed by atoms with Crippen molar-refractivity contribution in [1.82, 2.24) is 10.2 Å². The van der Waals surface area contributed by atoms with E-state index in [1.54, 1.807) is 0 Å². The first-order valence-corrected chi connectivity index (χ1v) is 6.85. The Labute approximate surface area is 100 Å². The average Bonchev–Trinajstić information content (AvgIpc) is 2.26. The van der Waals surface area contributed by atoms with Gasteiger partial charge in [-0.15, -0.1) is 0 Å². The van der Waals surface area contributed by atoms with E-state index in [4.69, 9.17) is 0 Å². The van der Waals surface area contributed by atoms with Crippen LogP contribution in [-0.2, 0) is 0 Å². The van der Waals surface area contributed by atoms with Gasteiger partial charge >= 0.3 is 0 Å². The molecule has 0 aromatic rings. The minimum atomic E-state index is 0.552. The molecule has 0 aromatic carbocycles. The number of hydrogen-bond donors (Lipinski definition) is 2. The molecule has 0 saturated carbocycles. The van der Waals surface area contributed by atoms with Gasteiger partial charge < -0.3 is 10.2 Å². The van der Waals surface area contributed by atoms with E-state index in [2.05, 4.69) is 43.6 Å². The summed E-state index contributed by atoms with van der Waals surface area (Å²) in [6.45, 7) is 10.5. The van der Waals surface area contributed by atoms with Crippen LogP contribution in [-0.4, -0.2) is 42.4 Å². The largest absolute Gasteiger partial charge is 0.313 e. The second-order valence-corrected chi connectivity index (χ2v) is 5.43. The predicted molar refractivity (Wildman–Crippen MR) is 70.8 cm³/mol. The van der Waals surface area contributed by atoms with E-state index in [1.807, 2.05) is 0 Å². The molecule has 1 rings (SSSR count). The van der Waals surface area contributed by atoms with Crippen LogP contribution in [0.3, 0.4) is 0 Å². The highest BCUT2D eigenvalue weighted by molar-refractivity contribution is 7.80. The quantitative estimate of drug-likeness (QED) is 0.703. The Bertz CT molecular complexity index is 165. The molecule has 0 aromatic heterocycles. The van der Waals surface area contributed by atoms with Crippen LogP contribution in [0.4, 0.5) is 0 Å². The van der Waals surface area contributed by atoms with Crippen molar-refractivity contribution in [3.8, 4) is 0 Å². The molecule has 3 heteroatoms. The van der Waals surface area contributed by atoms with Gasteiger partial charge in [-0.05, 0) is 59.2 Å². The van der Waals surface area contributed by atoms with Crippen LogP contribution in [0.2, 0.25) is 0 Å². The molecule has 1 fully saturated rings. The lowest BCUT2D eigenvalue weighted by Crippen LogP contribution is -2.42. The lowest BCUT2D eigenvalue weighted by atomic mass is 9.96. The fourth-order valence-electron chi connectivity index (χ4n) is 2.11. The molecule has 0 aliphatic carbocycles. The SMILES string of the molecule is CC(CS)NCC1CCN(C(C)C)CC1. The second kappa shape index (κ2) is 6.77. The lowest BCUT2D eigenvalue weighted by molar-refractivity contribution is 0.147. The normalized spacial score (nSPS) is 22.2. The van der Waals surface area contributed by atoms with Crippen LogP contribution in [0.1, 0.15) is 33.6 Å². The standard InChI is InChI=1S/C12H26N2S/c1-10(2)14-6-4-12(5-7-14)8-13-11(3)9-15/h10-13,15H,4-9H2,1-3H3. The Morgan fingerprint density at radius 1 is 1.27 bits per heavy atom. The minimum absolute atomic E-state index is 0.552. The third-order valence-corrected chi connectivity index (χ3v) is 3.96. The molecule has 0 spiro atoms. The Morgan fingerprint density at radius 3 is 2.33 bits per heavy atom. The minimum Gasteiger partial charge on any atom is -0.313 e. The first-order chi connectivity index (χ1) is 7.13. The monoisotopic (exact) mass is 230 g/mol. The van der Waals surface area contributed by atoms with Gasteiger partial charge in [-0.3, -0.25) is 0 Å². The zero-order valence-corrected chi connectivity index (χ0v) is 11.3. The number of likely N-dealkylation sites (tertiary alicyclic amines) is 1. The van der Waals surface area contributed by atoms with E-state index >= 15 is 0 Å². The topological polar surface area (TPSA) is 15.3 Å². The highest BCUT2D eigenvalue weighted by Gasteiger charge is 2.20. The maximum atomic E-state index is 4.28. The second-order valence-electron chi connectivity index (χ2n) is 5.06. The van der Waals surface area contributed by atoms with Gasteiger partial charge in [0, 0.05) is 17.8 Å². The summed E-state index contributed by atoms with van der Waals surface area (Å²) < 4.78 is 0. The van der Waals surface area contributed by atoms with Crippen molar-refractivity contribution in [2.24, 2.45) is 5.92 Å². The van der Waals surface area contributed by atoms with Crippen LogP contribution in [0.25, 0.3) is 0 Å². The highest BCUT2D eigenvalue weighted by atomic mass is 32.1. The van der Waals surface area contributed by atoms with Gasteiger partial charge in [-0.25, -0.2) is 0 Å². The molecule has 1 N–H and O–H groups in total. The van der Waals surface area contributed by atoms with Crippen LogP contribution in [0.5, 0.6) is 0 Å². The number of thiol groups is 1. The number of hydrogen-bond acceptors (Lipinski definition) is 3. The molecular weight excluding hydrogens is 204 g/mol. The summed E-state index contributed by atoms with van der Waals surface area (Å²) in [6, 6.07) is 1.27. The molecular formula is C12H26N2S. The van der Waals surface area contributed by atoms with E-state index in [9.17, 15) is 0 Å². The van der Waals surface area contributed by atoms with E-state index in [-0.39, 0.29) is 0 Å². The molecule has 0 radical (unpaired) electrons. The Kier molecular flexibility index (Phi) is 6.02. The van der Waals surface area contributed by atoms with Crippen LogP contribution < -0.4 is 5.32 Å². The molecule has 1 aliphatic rings. The molecule has 1 unspecified atom stereocenters. The number of piperidine rings is 1. The van der Waals surface area contributed by atoms with Gasteiger partial charge in [0.25, 0.3) is 0 Å². The van der Waals surface area contributed by atoms with Gasteiger partial charge in [0.05, 0.1) is 0 Å². The van der Waals surface area contributed by atoms with Crippen LogP contribution in [0.15, 0.2) is 0 Å². The molecule has 1 atom stereocenters. The average molecular weight is 230 g/mol. The summed E-state index contributed by atoms with van der Waals surface area (Å²) >= 11 is 4.28. The Morgan fingerprint density at radius 2 is 1.87 bits per heavy atom. The third kappa shape index (κ3) is 4.75. The Hall–Kier alpha value is 0.270. The lowest BCUT2D eigenvalue weighted by Gasteiger charge is -2.35. The van der Waals surface area contributed by atoms with Gasteiger partial charge in [0.1, 0.15) is 0 Å². The van der Waals surface area contributed by atoms with Crippen molar-refractivity contribution in [1.29, 1.82) is 0 Å². The molecule has 0 amide bonds. The van der Waals surface area contributed by atoms with Gasteiger partial charge in [-0.1, -0.05) is 0 Å². The van der Waals surface area contributed by atoms with Crippen molar-refractivity contribution in [2.75, 3.05) is 25.4 Å². The van der Waals surface area contributed by atoms with E-state index in [1.165, 1.54) is 32.5 Å². The van der Waals surface area contributed by atoms with Crippen molar-refractivity contribution >= 4 is 12.6 Å². The summed E-state index contributed by atoms with van der Waals surface area (Å²) in [5.74, 6) is 1.81. The number of nitrogens with zero attached hydrogens (tertiary/aromatic N) is 1. The maximum Gasteiger partial charge on any atom is 0.0127 e. The summed E-state index contributed by atoms with van der Waals surface area (Å²) in [6.07, 6.45) is 2.70. The fourth-order valence-corrected chi connectivity index (χ4v) is 2.23. The third-order valence-electron chi connectivity index (χ3n) is 3.41. The Balaban J connectivity index is 2.14. The summed E-state index contributed by atoms with van der Waals surface area (Å²) in [4.78, 5) is 2.58. The summed E-state index contributed by atoms with van der Waals surface area (Å²) in [5, 5.41) is 3.55. The van der Waals surface area contributed by atoms with Crippen molar-refractivity contribution < 1.29 is 0 Å².